The molecule has 0 spiro atoms. The predicted octanol–water partition coefficient (Wildman–Crippen LogP) is 5.33. The molecule has 4 rings (SSSR count). The highest BCUT2D eigenvalue weighted by Gasteiger charge is 2.29. The third kappa shape index (κ3) is 3.96. The van der Waals surface area contributed by atoms with Crippen LogP contribution in [0, 0.1) is 0 Å². The highest BCUT2D eigenvalue weighted by atomic mass is 35.5. The van der Waals surface area contributed by atoms with Gasteiger partial charge in [-0.3, -0.25) is 10.1 Å². The van der Waals surface area contributed by atoms with E-state index < -0.39 is 12.1 Å². The van der Waals surface area contributed by atoms with E-state index in [1.165, 1.54) is 6.07 Å². The maximum absolute atomic E-state index is 12.3. The van der Waals surface area contributed by atoms with Gasteiger partial charge in [0.15, 0.2) is 0 Å². The molecule has 1 aliphatic carbocycles. The van der Waals surface area contributed by atoms with Crippen molar-refractivity contribution in [2.75, 3.05) is 11.9 Å². The molecule has 0 aliphatic heterocycles. The zero-order chi connectivity index (χ0) is 20.4. The summed E-state index contributed by atoms with van der Waals surface area (Å²) in [6.45, 7) is 0.203. The Balaban J connectivity index is 1.45. The minimum atomic E-state index is -0.946. The van der Waals surface area contributed by atoms with Crippen LogP contribution in [-0.2, 0) is 16.0 Å². The van der Waals surface area contributed by atoms with Gasteiger partial charge in [0.2, 0.25) is 0 Å². The van der Waals surface area contributed by atoms with E-state index in [-0.39, 0.29) is 24.0 Å². The number of carboxylic acid groups (broad SMARTS) is 1. The van der Waals surface area contributed by atoms with Crippen LogP contribution in [0.2, 0.25) is 5.02 Å². The number of hydrogen-bond donors (Lipinski definition) is 2. The van der Waals surface area contributed by atoms with E-state index in [4.69, 9.17) is 21.4 Å². The summed E-state index contributed by atoms with van der Waals surface area (Å²) in [7, 11) is 0. The Morgan fingerprint density at radius 2 is 1.59 bits per heavy atom. The van der Waals surface area contributed by atoms with Gasteiger partial charge in [0.25, 0.3) is 0 Å². The average molecular weight is 408 g/mol. The molecule has 0 bridgehead atoms. The van der Waals surface area contributed by atoms with Crippen molar-refractivity contribution in [1.29, 1.82) is 0 Å². The molecule has 5 nitrogen and oxygen atoms in total. The van der Waals surface area contributed by atoms with Crippen LogP contribution in [0.15, 0.2) is 66.7 Å². The first-order valence-electron chi connectivity index (χ1n) is 9.15. The van der Waals surface area contributed by atoms with Crippen molar-refractivity contribution in [3.05, 3.63) is 88.4 Å². The Morgan fingerprint density at radius 1 is 0.966 bits per heavy atom. The molecule has 2 N–H and O–H groups in total. The number of benzene rings is 3. The predicted molar refractivity (Wildman–Crippen MR) is 111 cm³/mol. The molecule has 1 aliphatic rings. The normalized spacial score (nSPS) is 12.2. The fourth-order valence-electron chi connectivity index (χ4n) is 3.69. The van der Waals surface area contributed by atoms with Crippen molar-refractivity contribution in [2.45, 2.75) is 12.3 Å². The maximum Gasteiger partial charge on any atom is 0.411 e. The third-order valence-electron chi connectivity index (χ3n) is 4.97. The van der Waals surface area contributed by atoms with Crippen molar-refractivity contribution in [3.63, 3.8) is 0 Å². The largest absolute Gasteiger partial charge is 0.481 e. The summed E-state index contributed by atoms with van der Waals surface area (Å²) in [6.07, 6.45) is -0.745. The number of nitrogens with one attached hydrogen (secondary N) is 1. The molecule has 0 radical (unpaired) electrons. The molecule has 0 saturated carbocycles. The van der Waals surface area contributed by atoms with Crippen molar-refractivity contribution in [3.8, 4) is 11.1 Å². The summed E-state index contributed by atoms with van der Waals surface area (Å²) >= 11 is 6.15. The first kappa shape index (κ1) is 19.0. The fraction of sp³-hybridized carbons (Fsp3) is 0.130. The summed E-state index contributed by atoms with van der Waals surface area (Å²) < 4.78 is 5.49. The zero-order valence-corrected chi connectivity index (χ0v) is 16.1. The van der Waals surface area contributed by atoms with Gasteiger partial charge in [-0.25, -0.2) is 4.79 Å². The van der Waals surface area contributed by atoms with Crippen LogP contribution in [0.5, 0.6) is 0 Å². The fourth-order valence-corrected chi connectivity index (χ4v) is 3.94. The number of rotatable bonds is 5. The van der Waals surface area contributed by atoms with E-state index in [9.17, 15) is 9.59 Å². The minimum absolute atomic E-state index is 0.0263. The molecule has 6 heteroatoms. The van der Waals surface area contributed by atoms with Crippen molar-refractivity contribution in [2.24, 2.45) is 0 Å². The number of halogens is 1. The minimum Gasteiger partial charge on any atom is -0.481 e. The van der Waals surface area contributed by atoms with E-state index in [0.29, 0.717) is 11.3 Å². The van der Waals surface area contributed by atoms with Gasteiger partial charge in [0, 0.05) is 5.92 Å². The molecule has 0 heterocycles. The number of hydrogen-bond acceptors (Lipinski definition) is 3. The summed E-state index contributed by atoms with van der Waals surface area (Å²) in [5.41, 5.74) is 5.53. The van der Waals surface area contributed by atoms with E-state index in [2.05, 4.69) is 29.6 Å². The molecule has 3 aromatic carbocycles. The second-order valence-electron chi connectivity index (χ2n) is 6.84. The van der Waals surface area contributed by atoms with E-state index in [1.54, 1.807) is 12.1 Å². The number of fused-ring (bicyclic) bond motifs is 3. The summed E-state index contributed by atoms with van der Waals surface area (Å²) in [5.74, 6) is -0.972. The Labute approximate surface area is 172 Å². The van der Waals surface area contributed by atoms with E-state index in [0.717, 1.165) is 22.3 Å². The average Bonchev–Trinajstić information content (AvgIpc) is 3.02. The first-order valence-corrected chi connectivity index (χ1v) is 9.53. The molecule has 146 valence electrons. The molecule has 0 fully saturated rings. The molecule has 0 unspecified atom stereocenters. The first-order chi connectivity index (χ1) is 14.0. The van der Waals surface area contributed by atoms with Gasteiger partial charge in [-0.2, -0.15) is 0 Å². The van der Waals surface area contributed by atoms with Crippen LogP contribution in [0.4, 0.5) is 10.5 Å². The lowest BCUT2D eigenvalue weighted by atomic mass is 9.98. The molecular weight excluding hydrogens is 390 g/mol. The van der Waals surface area contributed by atoms with Crippen molar-refractivity contribution >= 4 is 29.4 Å². The molecule has 3 aromatic rings. The lowest BCUT2D eigenvalue weighted by Gasteiger charge is -2.15. The molecule has 0 saturated heterocycles. The van der Waals surface area contributed by atoms with Crippen LogP contribution < -0.4 is 5.32 Å². The summed E-state index contributed by atoms with van der Waals surface area (Å²) in [6, 6.07) is 20.9. The number of carboxylic acids is 1. The second-order valence-corrected chi connectivity index (χ2v) is 7.24. The van der Waals surface area contributed by atoms with Gasteiger partial charge >= 0.3 is 12.1 Å². The Kier molecular flexibility index (Phi) is 5.23. The van der Waals surface area contributed by atoms with Crippen LogP contribution in [0.3, 0.4) is 0 Å². The van der Waals surface area contributed by atoms with Crippen LogP contribution in [-0.4, -0.2) is 23.8 Å². The van der Waals surface area contributed by atoms with Crippen molar-refractivity contribution in [1.82, 2.24) is 0 Å². The zero-order valence-electron chi connectivity index (χ0n) is 15.4. The molecule has 0 atom stereocenters. The quantitative estimate of drug-likeness (QED) is 0.599. The molecule has 0 aromatic heterocycles. The standard InChI is InChI=1S/C23H18ClNO4/c24-20-11-14(12-22(26)27)9-10-21(20)25-23(28)29-13-19-17-7-3-1-5-15(17)16-6-2-4-8-18(16)19/h1-11,19H,12-13H2,(H,25,28)(H,26,27). The van der Waals surface area contributed by atoms with E-state index >= 15 is 0 Å². The molecule has 29 heavy (non-hydrogen) atoms. The Hall–Kier alpha value is -3.31. The molecule has 1 amide bonds. The molecular formula is C23H18ClNO4. The summed E-state index contributed by atoms with van der Waals surface area (Å²) in [4.78, 5) is 23.1. The highest BCUT2D eigenvalue weighted by molar-refractivity contribution is 6.33. The van der Waals surface area contributed by atoms with Gasteiger partial charge in [0.1, 0.15) is 6.61 Å². The number of ether oxygens (including phenoxy) is 1. The highest BCUT2D eigenvalue weighted by Crippen LogP contribution is 2.44. The van der Waals surface area contributed by atoms with Gasteiger partial charge in [-0.1, -0.05) is 66.2 Å². The number of amides is 1. The summed E-state index contributed by atoms with van der Waals surface area (Å²) in [5, 5.41) is 11.7. The Morgan fingerprint density at radius 3 is 2.17 bits per heavy atom. The van der Waals surface area contributed by atoms with E-state index in [1.807, 2.05) is 24.3 Å². The van der Waals surface area contributed by atoms with Gasteiger partial charge in [-0.15, -0.1) is 0 Å². The van der Waals surface area contributed by atoms with Gasteiger partial charge < -0.3 is 9.84 Å². The lowest BCUT2D eigenvalue weighted by Crippen LogP contribution is -2.18. The van der Waals surface area contributed by atoms with Crippen LogP contribution in [0.1, 0.15) is 22.6 Å². The van der Waals surface area contributed by atoms with Crippen LogP contribution >= 0.6 is 11.6 Å². The number of carbonyl (C=O) groups is 2. The van der Waals surface area contributed by atoms with Crippen LogP contribution in [0.25, 0.3) is 11.1 Å². The Bertz CT molecular complexity index is 1050. The van der Waals surface area contributed by atoms with Gasteiger partial charge in [-0.05, 0) is 39.9 Å². The lowest BCUT2D eigenvalue weighted by molar-refractivity contribution is -0.136. The number of aliphatic carboxylic acids is 1. The third-order valence-corrected chi connectivity index (χ3v) is 5.28. The monoisotopic (exact) mass is 407 g/mol. The SMILES string of the molecule is O=C(O)Cc1ccc(NC(=O)OCC2c3ccccc3-c3ccccc32)c(Cl)c1. The maximum atomic E-state index is 12.3. The second kappa shape index (κ2) is 7.97. The smallest absolute Gasteiger partial charge is 0.411 e. The number of anilines is 1. The van der Waals surface area contributed by atoms with Gasteiger partial charge in [0.05, 0.1) is 17.1 Å². The number of carbonyl (C=O) groups excluding carboxylic acids is 1. The van der Waals surface area contributed by atoms with Crippen molar-refractivity contribution < 1.29 is 19.4 Å². The topological polar surface area (TPSA) is 75.6 Å².